The molecule has 0 unspecified atom stereocenters. The van der Waals surface area contributed by atoms with Crippen molar-refractivity contribution in [2.75, 3.05) is 24.3 Å². The van der Waals surface area contributed by atoms with Crippen LogP contribution in [0.5, 0.6) is 0 Å². The summed E-state index contributed by atoms with van der Waals surface area (Å²) in [5.41, 5.74) is 5.23. The van der Waals surface area contributed by atoms with Crippen LogP contribution in [0, 0.1) is 10.1 Å². The number of nitro groups is 1. The summed E-state index contributed by atoms with van der Waals surface area (Å²) in [5, 5.41) is 10.6. The Labute approximate surface area is 128 Å². The van der Waals surface area contributed by atoms with Crippen LogP contribution >= 0.6 is 11.8 Å². The van der Waals surface area contributed by atoms with Crippen molar-refractivity contribution in [1.29, 1.82) is 0 Å². The minimum Gasteiger partial charge on any atom is -0.397 e. The standard InChI is InChI=1S/C12H19N3O4S2/c1-20-8-4-2-3-7-14-21(18,19)12-6-5-10(15(16)17)9-11(12)13/h5-6,9,14H,2-4,7-8,13H2,1H3. The lowest BCUT2D eigenvalue weighted by molar-refractivity contribution is -0.384. The molecule has 0 fully saturated rings. The number of anilines is 1. The molecule has 0 saturated heterocycles. The maximum atomic E-state index is 12.1. The molecule has 1 aromatic rings. The largest absolute Gasteiger partial charge is 0.397 e. The second-order valence-corrected chi connectivity index (χ2v) is 7.15. The molecule has 7 nitrogen and oxygen atoms in total. The van der Waals surface area contributed by atoms with E-state index in [2.05, 4.69) is 4.72 Å². The zero-order valence-corrected chi connectivity index (χ0v) is 13.4. The van der Waals surface area contributed by atoms with Crippen LogP contribution in [0.3, 0.4) is 0 Å². The van der Waals surface area contributed by atoms with Crippen LogP contribution in [0.4, 0.5) is 11.4 Å². The highest BCUT2D eigenvalue weighted by atomic mass is 32.2. The summed E-state index contributed by atoms with van der Waals surface area (Å²) in [6.45, 7) is 0.327. The van der Waals surface area contributed by atoms with Gasteiger partial charge in [0.25, 0.3) is 5.69 Å². The molecule has 0 saturated carbocycles. The van der Waals surface area contributed by atoms with Gasteiger partial charge in [-0.25, -0.2) is 13.1 Å². The highest BCUT2D eigenvalue weighted by molar-refractivity contribution is 7.98. The molecule has 9 heteroatoms. The Kier molecular flexibility index (Phi) is 6.93. The first-order valence-corrected chi connectivity index (χ1v) is 9.28. The first-order chi connectivity index (χ1) is 9.88. The van der Waals surface area contributed by atoms with Crippen LogP contribution < -0.4 is 10.5 Å². The van der Waals surface area contributed by atoms with Crippen molar-refractivity contribution in [2.24, 2.45) is 0 Å². The third-order valence-electron chi connectivity index (χ3n) is 2.81. The van der Waals surface area contributed by atoms with Crippen LogP contribution in [0.2, 0.25) is 0 Å². The Morgan fingerprint density at radius 2 is 2.05 bits per heavy atom. The highest BCUT2D eigenvalue weighted by Gasteiger charge is 2.19. The summed E-state index contributed by atoms with van der Waals surface area (Å²) in [5.74, 6) is 1.06. The third kappa shape index (κ3) is 5.52. The fourth-order valence-electron chi connectivity index (χ4n) is 1.73. The maximum absolute atomic E-state index is 12.1. The zero-order valence-electron chi connectivity index (χ0n) is 11.7. The van der Waals surface area contributed by atoms with Crippen molar-refractivity contribution >= 4 is 33.2 Å². The van der Waals surface area contributed by atoms with E-state index in [1.54, 1.807) is 11.8 Å². The number of benzene rings is 1. The van der Waals surface area contributed by atoms with Gasteiger partial charge in [0.1, 0.15) is 4.90 Å². The molecular weight excluding hydrogens is 314 g/mol. The maximum Gasteiger partial charge on any atom is 0.271 e. The summed E-state index contributed by atoms with van der Waals surface area (Å²) in [7, 11) is -3.73. The molecular formula is C12H19N3O4S2. The van der Waals surface area contributed by atoms with Crippen LogP contribution in [0.1, 0.15) is 19.3 Å². The lowest BCUT2D eigenvalue weighted by atomic mass is 10.2. The Morgan fingerprint density at radius 3 is 2.62 bits per heavy atom. The lowest BCUT2D eigenvalue weighted by Crippen LogP contribution is -2.25. The fraction of sp³-hybridized carbons (Fsp3) is 0.500. The van der Waals surface area contributed by atoms with Gasteiger partial charge in [-0.2, -0.15) is 11.8 Å². The second kappa shape index (κ2) is 8.20. The SMILES string of the molecule is CSCCCCCNS(=O)(=O)c1ccc([N+](=O)[O-])cc1N. The topological polar surface area (TPSA) is 115 Å². The molecule has 0 amide bonds. The quantitative estimate of drug-likeness (QED) is 0.309. The van der Waals surface area contributed by atoms with Crippen molar-refractivity contribution in [3.05, 3.63) is 28.3 Å². The number of nitrogens with one attached hydrogen (secondary N) is 1. The predicted molar refractivity (Wildman–Crippen MR) is 84.9 cm³/mol. The minimum absolute atomic E-state index is 0.126. The summed E-state index contributed by atoms with van der Waals surface area (Å²) in [6.07, 6.45) is 4.76. The Balaban J connectivity index is 2.64. The lowest BCUT2D eigenvalue weighted by Gasteiger charge is -2.08. The van der Waals surface area contributed by atoms with E-state index in [1.807, 2.05) is 6.26 Å². The molecule has 0 bridgehead atoms. The number of nitro benzene ring substituents is 1. The molecule has 0 aliphatic carbocycles. The van der Waals surface area contributed by atoms with Crippen molar-refractivity contribution < 1.29 is 13.3 Å². The molecule has 21 heavy (non-hydrogen) atoms. The van der Waals surface area contributed by atoms with E-state index >= 15 is 0 Å². The van der Waals surface area contributed by atoms with Crippen molar-refractivity contribution in [1.82, 2.24) is 4.72 Å². The Morgan fingerprint density at radius 1 is 1.33 bits per heavy atom. The second-order valence-electron chi connectivity index (χ2n) is 4.43. The number of unbranched alkanes of at least 4 members (excludes halogenated alkanes) is 2. The summed E-state index contributed by atoms with van der Waals surface area (Å²) < 4.78 is 26.6. The smallest absolute Gasteiger partial charge is 0.271 e. The molecule has 118 valence electrons. The summed E-state index contributed by atoms with van der Waals surface area (Å²) in [4.78, 5) is 9.85. The number of nitrogen functional groups attached to an aromatic ring is 1. The van der Waals surface area contributed by atoms with E-state index in [9.17, 15) is 18.5 Å². The summed E-state index contributed by atoms with van der Waals surface area (Å²) in [6, 6.07) is 3.33. The zero-order chi connectivity index (χ0) is 15.9. The van der Waals surface area contributed by atoms with Crippen LogP contribution in [0.25, 0.3) is 0 Å². The summed E-state index contributed by atoms with van der Waals surface area (Å²) >= 11 is 1.76. The van der Waals surface area contributed by atoms with Gasteiger partial charge in [0, 0.05) is 18.7 Å². The van der Waals surface area contributed by atoms with E-state index in [4.69, 9.17) is 5.73 Å². The molecule has 0 aromatic heterocycles. The average Bonchev–Trinajstić information content (AvgIpc) is 2.42. The number of hydrogen-bond donors (Lipinski definition) is 2. The normalized spacial score (nSPS) is 11.5. The molecule has 1 rings (SSSR count). The predicted octanol–water partition coefficient (Wildman–Crippen LogP) is 1.99. The average molecular weight is 333 g/mol. The first kappa shape index (κ1) is 17.7. The number of nitrogens with zero attached hydrogens (tertiary/aromatic N) is 1. The van der Waals surface area contributed by atoms with Crippen LogP contribution in [-0.2, 0) is 10.0 Å². The highest BCUT2D eigenvalue weighted by Crippen LogP contribution is 2.23. The van der Waals surface area contributed by atoms with Gasteiger partial charge in [-0.3, -0.25) is 10.1 Å². The molecule has 0 atom stereocenters. The fourth-order valence-corrected chi connectivity index (χ4v) is 3.40. The van der Waals surface area contributed by atoms with Gasteiger partial charge in [-0.15, -0.1) is 0 Å². The number of sulfonamides is 1. The molecule has 1 aromatic carbocycles. The monoisotopic (exact) mass is 333 g/mol. The number of thioether (sulfide) groups is 1. The van der Waals surface area contributed by atoms with Crippen molar-refractivity contribution in [2.45, 2.75) is 24.2 Å². The molecule has 0 aliphatic heterocycles. The van der Waals surface area contributed by atoms with E-state index < -0.39 is 14.9 Å². The van der Waals surface area contributed by atoms with Gasteiger partial charge < -0.3 is 5.73 Å². The van der Waals surface area contributed by atoms with E-state index in [-0.39, 0.29) is 16.3 Å². The first-order valence-electron chi connectivity index (χ1n) is 6.41. The van der Waals surface area contributed by atoms with E-state index in [1.165, 1.54) is 0 Å². The molecule has 0 radical (unpaired) electrons. The van der Waals surface area contributed by atoms with Gasteiger partial charge in [0.2, 0.25) is 10.0 Å². The van der Waals surface area contributed by atoms with Crippen molar-refractivity contribution in [3.63, 3.8) is 0 Å². The van der Waals surface area contributed by atoms with Gasteiger partial charge in [0.15, 0.2) is 0 Å². The Bertz CT molecular complexity index is 590. The molecule has 0 aliphatic rings. The third-order valence-corrected chi connectivity index (χ3v) is 5.04. The van der Waals surface area contributed by atoms with Gasteiger partial charge in [0.05, 0.1) is 10.6 Å². The number of hydrogen-bond acceptors (Lipinski definition) is 6. The molecule has 0 spiro atoms. The van der Waals surface area contributed by atoms with Gasteiger partial charge in [-0.1, -0.05) is 6.42 Å². The minimum atomic E-state index is -3.73. The van der Waals surface area contributed by atoms with E-state index in [0.717, 1.165) is 43.2 Å². The van der Waals surface area contributed by atoms with Gasteiger partial charge in [-0.05, 0) is 30.9 Å². The van der Waals surface area contributed by atoms with Crippen molar-refractivity contribution in [3.8, 4) is 0 Å². The van der Waals surface area contributed by atoms with Gasteiger partial charge >= 0.3 is 0 Å². The number of nitrogens with two attached hydrogens (primary N) is 1. The molecule has 3 N–H and O–H groups in total. The Hall–Kier alpha value is -1.32. The number of non-ortho nitro benzene ring substituents is 1. The van der Waals surface area contributed by atoms with Crippen LogP contribution in [0.15, 0.2) is 23.1 Å². The van der Waals surface area contributed by atoms with Crippen LogP contribution in [-0.4, -0.2) is 31.9 Å². The van der Waals surface area contributed by atoms with E-state index in [0.29, 0.717) is 6.54 Å². The number of rotatable bonds is 9. The molecule has 0 heterocycles.